The van der Waals surface area contributed by atoms with Crippen LogP contribution in [-0.4, -0.2) is 37.2 Å². The number of nitrogens with zero attached hydrogens (tertiary/aromatic N) is 1. The topological polar surface area (TPSA) is 12.5 Å². The zero-order chi connectivity index (χ0) is 7.56. The van der Waals surface area contributed by atoms with Crippen LogP contribution in [0.1, 0.15) is 6.92 Å². The first kappa shape index (κ1) is 7.88. The number of ether oxygens (including phenoxy) is 1. The van der Waals surface area contributed by atoms with Crippen LogP contribution in [-0.2, 0) is 4.74 Å². The van der Waals surface area contributed by atoms with Gasteiger partial charge in [-0.25, -0.2) is 8.78 Å². The van der Waals surface area contributed by atoms with Crippen molar-refractivity contribution in [2.45, 2.75) is 19.6 Å². The average molecular weight is 151 g/mol. The Morgan fingerprint density at radius 2 is 1.90 bits per heavy atom. The summed E-state index contributed by atoms with van der Waals surface area (Å²) in [6.45, 7) is 2.92. The second kappa shape index (κ2) is 3.25. The first-order valence-corrected chi connectivity index (χ1v) is 3.38. The monoisotopic (exact) mass is 151 g/mol. The summed E-state index contributed by atoms with van der Waals surface area (Å²) in [5, 5.41) is 0. The lowest BCUT2D eigenvalue weighted by Crippen LogP contribution is -2.44. The van der Waals surface area contributed by atoms with Crippen molar-refractivity contribution < 1.29 is 13.5 Å². The highest BCUT2D eigenvalue weighted by Gasteiger charge is 2.25. The molecule has 0 N–H and O–H groups in total. The minimum absolute atomic E-state index is 0.191. The van der Waals surface area contributed by atoms with Crippen molar-refractivity contribution in [3.63, 3.8) is 0 Å². The van der Waals surface area contributed by atoms with E-state index in [9.17, 15) is 8.78 Å². The van der Waals surface area contributed by atoms with Crippen LogP contribution in [0.2, 0.25) is 0 Å². The molecule has 1 rings (SSSR count). The van der Waals surface area contributed by atoms with E-state index >= 15 is 0 Å². The second-order valence-electron chi connectivity index (χ2n) is 2.31. The smallest absolute Gasteiger partial charge is 0.214 e. The minimum atomic E-state index is -1.45. The molecule has 0 unspecified atom stereocenters. The average Bonchev–Trinajstić information content (AvgIpc) is 1.85. The molecule has 1 aliphatic heterocycles. The van der Waals surface area contributed by atoms with Crippen molar-refractivity contribution in [1.82, 2.24) is 4.90 Å². The maximum atomic E-state index is 12.4. The van der Waals surface area contributed by atoms with E-state index in [0.717, 1.165) is 0 Å². The summed E-state index contributed by atoms with van der Waals surface area (Å²) < 4.78 is 29.0. The predicted molar refractivity (Wildman–Crippen MR) is 33.0 cm³/mol. The van der Waals surface area contributed by atoms with Gasteiger partial charge in [-0.2, -0.15) is 0 Å². The van der Waals surface area contributed by atoms with Crippen molar-refractivity contribution in [3.8, 4) is 0 Å². The van der Waals surface area contributed by atoms with Crippen LogP contribution in [0, 0.1) is 0 Å². The van der Waals surface area contributed by atoms with Crippen molar-refractivity contribution in [2.24, 2.45) is 0 Å². The zero-order valence-electron chi connectivity index (χ0n) is 5.89. The van der Waals surface area contributed by atoms with Gasteiger partial charge in [-0.15, -0.1) is 0 Å². The molecule has 1 fully saturated rings. The van der Waals surface area contributed by atoms with E-state index in [4.69, 9.17) is 0 Å². The van der Waals surface area contributed by atoms with Gasteiger partial charge in [0.15, 0.2) is 0 Å². The molecule has 0 amide bonds. The third-order valence-electron chi connectivity index (χ3n) is 1.55. The summed E-state index contributed by atoms with van der Waals surface area (Å²) in [6, 6.07) is 0. The van der Waals surface area contributed by atoms with Gasteiger partial charge in [-0.1, -0.05) is 6.92 Å². The number of rotatable bonds is 1. The molecule has 0 aromatic carbocycles. The Bertz CT molecular complexity index is 102. The Balaban J connectivity index is 2.35. The molecule has 10 heavy (non-hydrogen) atoms. The fourth-order valence-corrected chi connectivity index (χ4v) is 0.985. The summed E-state index contributed by atoms with van der Waals surface area (Å²) in [5.41, 5.74) is 0. The normalized spacial score (nSPS) is 36.3. The van der Waals surface area contributed by atoms with Crippen molar-refractivity contribution in [2.75, 3.05) is 19.6 Å². The van der Waals surface area contributed by atoms with Gasteiger partial charge in [0.25, 0.3) is 0 Å². The molecule has 60 valence electrons. The van der Waals surface area contributed by atoms with Crippen LogP contribution < -0.4 is 0 Å². The van der Waals surface area contributed by atoms with E-state index in [0.29, 0.717) is 6.54 Å². The fraction of sp³-hybridized carbons (Fsp3) is 1.00. The van der Waals surface area contributed by atoms with Gasteiger partial charge in [0.2, 0.25) is 12.7 Å². The summed E-state index contributed by atoms with van der Waals surface area (Å²) >= 11 is 0. The maximum Gasteiger partial charge on any atom is 0.214 e. The predicted octanol–water partition coefficient (Wildman–Crippen LogP) is 0.930. The molecule has 0 aromatic rings. The number of hydrogen-bond donors (Lipinski definition) is 0. The van der Waals surface area contributed by atoms with E-state index in [1.54, 1.807) is 4.90 Å². The molecule has 0 radical (unpaired) electrons. The van der Waals surface area contributed by atoms with Crippen molar-refractivity contribution in [1.29, 1.82) is 0 Å². The van der Waals surface area contributed by atoms with Gasteiger partial charge >= 0.3 is 0 Å². The number of hydrogen-bond acceptors (Lipinski definition) is 2. The Morgan fingerprint density at radius 3 is 2.30 bits per heavy atom. The van der Waals surface area contributed by atoms with Crippen LogP contribution in [0.5, 0.6) is 0 Å². The highest BCUT2D eigenvalue weighted by molar-refractivity contribution is 4.65. The lowest BCUT2D eigenvalue weighted by Gasteiger charge is -2.29. The quantitative estimate of drug-likeness (QED) is 0.552. The Kier molecular flexibility index (Phi) is 2.56. The van der Waals surface area contributed by atoms with Crippen molar-refractivity contribution in [3.05, 3.63) is 0 Å². The molecule has 0 saturated carbocycles. The van der Waals surface area contributed by atoms with E-state index in [-0.39, 0.29) is 13.1 Å². The third-order valence-corrected chi connectivity index (χ3v) is 1.55. The fourth-order valence-electron chi connectivity index (χ4n) is 0.985. The first-order valence-electron chi connectivity index (χ1n) is 3.38. The highest BCUT2D eigenvalue weighted by Crippen LogP contribution is 2.11. The summed E-state index contributed by atoms with van der Waals surface area (Å²) in [6.07, 6.45) is -2.91. The molecule has 0 spiro atoms. The van der Waals surface area contributed by atoms with E-state index in [2.05, 4.69) is 4.74 Å². The second-order valence-corrected chi connectivity index (χ2v) is 2.31. The Labute approximate surface area is 58.8 Å². The maximum absolute atomic E-state index is 12.4. The zero-order valence-corrected chi connectivity index (χ0v) is 5.89. The first-order chi connectivity index (χ1) is 4.72. The summed E-state index contributed by atoms with van der Waals surface area (Å²) in [7, 11) is 0. The molecule has 0 bridgehead atoms. The Morgan fingerprint density at radius 1 is 1.40 bits per heavy atom. The van der Waals surface area contributed by atoms with Crippen LogP contribution in [0.3, 0.4) is 0 Å². The van der Waals surface area contributed by atoms with E-state index < -0.39 is 12.7 Å². The van der Waals surface area contributed by atoms with Gasteiger partial charge < -0.3 is 4.74 Å². The van der Waals surface area contributed by atoms with Crippen molar-refractivity contribution >= 4 is 0 Å². The number of alkyl halides is 2. The molecule has 0 aliphatic carbocycles. The molecule has 2 atom stereocenters. The van der Waals surface area contributed by atoms with E-state index in [1.807, 2.05) is 6.92 Å². The summed E-state index contributed by atoms with van der Waals surface area (Å²) in [4.78, 5) is 1.68. The molecular weight excluding hydrogens is 140 g/mol. The van der Waals surface area contributed by atoms with Gasteiger partial charge in [0.05, 0.1) is 13.1 Å². The van der Waals surface area contributed by atoms with Gasteiger partial charge in [0, 0.05) is 0 Å². The molecule has 0 aromatic heterocycles. The largest absolute Gasteiger partial charge is 0.311 e. The van der Waals surface area contributed by atoms with Gasteiger partial charge in [-0.3, -0.25) is 4.90 Å². The standard InChI is InChI=1S/C6H11F2NO/c1-2-9-3-5(7)10-6(8)4-9/h5-6H,2-4H2,1H3/t5-,6+. The summed E-state index contributed by atoms with van der Waals surface area (Å²) in [5.74, 6) is 0. The highest BCUT2D eigenvalue weighted by atomic mass is 19.2. The molecule has 1 saturated heterocycles. The third kappa shape index (κ3) is 1.88. The Hall–Kier alpha value is -0.220. The molecule has 1 aliphatic rings. The number of morpholine rings is 1. The van der Waals surface area contributed by atoms with Gasteiger partial charge in [0.1, 0.15) is 0 Å². The molecule has 1 heterocycles. The number of likely N-dealkylation sites (N-methyl/N-ethyl adjacent to an activating group) is 1. The molecule has 2 nitrogen and oxygen atoms in total. The van der Waals surface area contributed by atoms with Gasteiger partial charge in [-0.05, 0) is 6.54 Å². The van der Waals surface area contributed by atoms with Crippen LogP contribution >= 0.6 is 0 Å². The molecule has 4 heteroatoms. The van der Waals surface area contributed by atoms with Crippen LogP contribution in [0.4, 0.5) is 8.78 Å². The molecular formula is C6H11F2NO. The number of halogens is 2. The minimum Gasteiger partial charge on any atom is -0.311 e. The lowest BCUT2D eigenvalue weighted by atomic mass is 10.4. The van der Waals surface area contributed by atoms with Crippen LogP contribution in [0.25, 0.3) is 0 Å². The SMILES string of the molecule is CCN1C[C@@H](F)O[C@@H](F)C1. The van der Waals surface area contributed by atoms with Crippen LogP contribution in [0.15, 0.2) is 0 Å². The lowest BCUT2D eigenvalue weighted by molar-refractivity contribution is -0.188. The van der Waals surface area contributed by atoms with E-state index in [1.165, 1.54) is 0 Å².